The molecule has 2 saturated heterocycles. The SMILES string of the molecule is O=C(NC1CCc2ccccc21)N1CCC(O)(CN2CCCC2)CC1. The summed E-state index contributed by atoms with van der Waals surface area (Å²) in [6.45, 7) is 4.26. The highest BCUT2D eigenvalue weighted by Gasteiger charge is 2.36. The van der Waals surface area contributed by atoms with Crippen molar-refractivity contribution >= 4 is 6.03 Å². The molecule has 1 aliphatic carbocycles. The van der Waals surface area contributed by atoms with E-state index in [-0.39, 0.29) is 12.1 Å². The fraction of sp³-hybridized carbons (Fsp3) is 0.650. The number of benzene rings is 1. The number of carbonyl (C=O) groups is 1. The van der Waals surface area contributed by atoms with E-state index in [9.17, 15) is 9.90 Å². The molecule has 136 valence electrons. The molecule has 5 heteroatoms. The van der Waals surface area contributed by atoms with Crippen LogP contribution in [0.5, 0.6) is 0 Å². The molecular weight excluding hydrogens is 314 g/mol. The Morgan fingerprint density at radius 2 is 1.88 bits per heavy atom. The van der Waals surface area contributed by atoms with Crippen molar-refractivity contribution in [3.63, 3.8) is 0 Å². The van der Waals surface area contributed by atoms with Crippen LogP contribution in [0.1, 0.15) is 49.3 Å². The Morgan fingerprint density at radius 3 is 2.64 bits per heavy atom. The maximum atomic E-state index is 12.6. The molecule has 2 heterocycles. The third kappa shape index (κ3) is 3.67. The second-order valence-electron chi connectivity index (χ2n) is 7.93. The molecule has 1 atom stereocenters. The molecule has 2 fully saturated rings. The molecule has 2 aliphatic heterocycles. The molecule has 1 aromatic carbocycles. The largest absolute Gasteiger partial charge is 0.388 e. The van der Waals surface area contributed by atoms with Gasteiger partial charge in [-0.05, 0) is 62.7 Å². The van der Waals surface area contributed by atoms with E-state index in [4.69, 9.17) is 0 Å². The number of rotatable bonds is 3. The molecule has 1 aromatic rings. The van der Waals surface area contributed by atoms with E-state index < -0.39 is 5.60 Å². The molecule has 0 aromatic heterocycles. The van der Waals surface area contributed by atoms with Gasteiger partial charge in [-0.1, -0.05) is 24.3 Å². The summed E-state index contributed by atoms with van der Waals surface area (Å²) in [6, 6.07) is 8.54. The average Bonchev–Trinajstić information content (AvgIpc) is 3.25. The van der Waals surface area contributed by atoms with Gasteiger partial charge in [-0.2, -0.15) is 0 Å². The van der Waals surface area contributed by atoms with Gasteiger partial charge < -0.3 is 20.2 Å². The minimum absolute atomic E-state index is 0.0184. The van der Waals surface area contributed by atoms with Gasteiger partial charge in [-0.3, -0.25) is 0 Å². The molecule has 25 heavy (non-hydrogen) atoms. The molecular formula is C20H29N3O2. The second-order valence-corrected chi connectivity index (χ2v) is 7.93. The highest BCUT2D eigenvalue weighted by molar-refractivity contribution is 5.75. The van der Waals surface area contributed by atoms with Crippen LogP contribution in [0.15, 0.2) is 24.3 Å². The van der Waals surface area contributed by atoms with Crippen molar-refractivity contribution < 1.29 is 9.90 Å². The van der Waals surface area contributed by atoms with Crippen LogP contribution in [-0.4, -0.2) is 59.3 Å². The highest BCUT2D eigenvalue weighted by Crippen LogP contribution is 2.31. The van der Waals surface area contributed by atoms with E-state index >= 15 is 0 Å². The van der Waals surface area contributed by atoms with Crippen LogP contribution >= 0.6 is 0 Å². The van der Waals surface area contributed by atoms with E-state index in [2.05, 4.69) is 28.4 Å². The second kappa shape index (κ2) is 6.96. The number of hydrogen-bond donors (Lipinski definition) is 2. The van der Waals surface area contributed by atoms with Gasteiger partial charge in [0, 0.05) is 19.6 Å². The molecule has 0 bridgehead atoms. The molecule has 4 rings (SSSR count). The van der Waals surface area contributed by atoms with Crippen molar-refractivity contribution in [3.8, 4) is 0 Å². The van der Waals surface area contributed by atoms with Crippen molar-refractivity contribution in [2.45, 2.75) is 50.2 Å². The number of carbonyl (C=O) groups excluding carboxylic acids is 1. The quantitative estimate of drug-likeness (QED) is 0.885. The van der Waals surface area contributed by atoms with Gasteiger partial charge in [0.05, 0.1) is 11.6 Å². The topological polar surface area (TPSA) is 55.8 Å². The van der Waals surface area contributed by atoms with E-state index in [1.165, 1.54) is 24.0 Å². The van der Waals surface area contributed by atoms with E-state index in [0.717, 1.165) is 32.5 Å². The van der Waals surface area contributed by atoms with E-state index in [0.29, 0.717) is 25.9 Å². The standard InChI is InChI=1S/C20H29N3O2/c24-19(21-18-8-7-16-5-1-2-6-17(16)18)23-13-9-20(25,10-14-23)15-22-11-3-4-12-22/h1-2,5-6,18,25H,3-4,7-15H2,(H,21,24). The van der Waals surface area contributed by atoms with Crippen LogP contribution in [0.3, 0.4) is 0 Å². The average molecular weight is 343 g/mol. The van der Waals surface area contributed by atoms with Crippen molar-refractivity contribution in [2.75, 3.05) is 32.7 Å². The number of aliphatic hydroxyl groups is 1. The number of urea groups is 1. The zero-order valence-electron chi connectivity index (χ0n) is 14.9. The van der Waals surface area contributed by atoms with Crippen LogP contribution < -0.4 is 5.32 Å². The number of aryl methyl sites for hydroxylation is 1. The maximum absolute atomic E-state index is 12.6. The zero-order valence-corrected chi connectivity index (χ0v) is 14.9. The Kier molecular flexibility index (Phi) is 4.69. The summed E-state index contributed by atoms with van der Waals surface area (Å²) in [4.78, 5) is 16.9. The molecule has 1 unspecified atom stereocenters. The van der Waals surface area contributed by atoms with Gasteiger partial charge in [0.25, 0.3) is 0 Å². The first-order valence-corrected chi connectivity index (χ1v) is 9.71. The molecule has 0 saturated carbocycles. The fourth-order valence-electron chi connectivity index (χ4n) is 4.59. The van der Waals surface area contributed by atoms with Gasteiger partial charge in [-0.25, -0.2) is 4.79 Å². The van der Waals surface area contributed by atoms with E-state index in [1.54, 1.807) is 0 Å². The van der Waals surface area contributed by atoms with E-state index in [1.807, 2.05) is 11.0 Å². The van der Waals surface area contributed by atoms with Crippen molar-refractivity contribution in [2.24, 2.45) is 0 Å². The van der Waals surface area contributed by atoms with Crippen LogP contribution in [0.2, 0.25) is 0 Å². The summed E-state index contributed by atoms with van der Waals surface area (Å²) in [5.74, 6) is 0. The molecule has 2 amide bonds. The van der Waals surface area contributed by atoms with Gasteiger partial charge >= 0.3 is 6.03 Å². The van der Waals surface area contributed by atoms with Crippen molar-refractivity contribution in [1.29, 1.82) is 0 Å². The Balaban J connectivity index is 1.30. The third-order valence-electron chi connectivity index (χ3n) is 6.13. The fourth-order valence-corrected chi connectivity index (χ4v) is 4.59. The number of β-amino-alcohol motifs (C(OH)–C–C–N with tert-alkyl or cyclic N) is 1. The summed E-state index contributed by atoms with van der Waals surface area (Å²) in [5, 5.41) is 14.0. The number of piperidine rings is 1. The first-order chi connectivity index (χ1) is 12.1. The molecule has 5 nitrogen and oxygen atoms in total. The summed E-state index contributed by atoms with van der Waals surface area (Å²) in [5.41, 5.74) is 1.99. The smallest absolute Gasteiger partial charge is 0.317 e. The van der Waals surface area contributed by atoms with Gasteiger partial charge in [-0.15, -0.1) is 0 Å². The van der Waals surface area contributed by atoms with Gasteiger partial charge in [0.15, 0.2) is 0 Å². The monoisotopic (exact) mass is 343 g/mol. The number of hydrogen-bond acceptors (Lipinski definition) is 3. The lowest BCUT2D eigenvalue weighted by atomic mass is 9.91. The number of fused-ring (bicyclic) bond motifs is 1. The lowest BCUT2D eigenvalue weighted by Crippen LogP contribution is -2.53. The maximum Gasteiger partial charge on any atom is 0.317 e. The lowest BCUT2D eigenvalue weighted by Gasteiger charge is -2.40. The molecule has 3 aliphatic rings. The minimum atomic E-state index is -0.624. The number of amides is 2. The van der Waals surface area contributed by atoms with Gasteiger partial charge in [0.2, 0.25) is 0 Å². The summed E-state index contributed by atoms with van der Waals surface area (Å²) < 4.78 is 0. The molecule has 2 N–H and O–H groups in total. The summed E-state index contributed by atoms with van der Waals surface area (Å²) in [7, 11) is 0. The zero-order chi connectivity index (χ0) is 17.3. The predicted octanol–water partition coefficient (Wildman–Crippen LogP) is 2.31. The lowest BCUT2D eigenvalue weighted by molar-refractivity contribution is -0.0340. The summed E-state index contributed by atoms with van der Waals surface area (Å²) in [6.07, 6.45) is 5.87. The Hall–Kier alpha value is -1.59. The number of nitrogens with one attached hydrogen (secondary N) is 1. The van der Waals surface area contributed by atoms with Crippen LogP contribution in [-0.2, 0) is 6.42 Å². The molecule has 0 radical (unpaired) electrons. The van der Waals surface area contributed by atoms with Crippen LogP contribution in [0.25, 0.3) is 0 Å². The third-order valence-corrected chi connectivity index (χ3v) is 6.13. The van der Waals surface area contributed by atoms with Crippen molar-refractivity contribution in [1.82, 2.24) is 15.1 Å². The van der Waals surface area contributed by atoms with Crippen molar-refractivity contribution in [3.05, 3.63) is 35.4 Å². The Morgan fingerprint density at radius 1 is 1.16 bits per heavy atom. The van der Waals surface area contributed by atoms with Gasteiger partial charge in [0.1, 0.15) is 0 Å². The first-order valence-electron chi connectivity index (χ1n) is 9.71. The Bertz CT molecular complexity index is 619. The van der Waals surface area contributed by atoms with Crippen LogP contribution in [0, 0.1) is 0 Å². The predicted molar refractivity (Wildman–Crippen MR) is 97.5 cm³/mol. The number of likely N-dealkylation sites (tertiary alicyclic amines) is 2. The Labute approximate surface area is 150 Å². The normalized spacial score (nSPS) is 25.8. The number of nitrogens with zero attached hydrogens (tertiary/aromatic N) is 2. The highest BCUT2D eigenvalue weighted by atomic mass is 16.3. The summed E-state index contributed by atoms with van der Waals surface area (Å²) >= 11 is 0. The minimum Gasteiger partial charge on any atom is -0.388 e. The molecule has 0 spiro atoms. The first kappa shape index (κ1) is 16.9. The van der Waals surface area contributed by atoms with Crippen LogP contribution in [0.4, 0.5) is 4.79 Å².